The zero-order valence-corrected chi connectivity index (χ0v) is 11.9. The van der Waals surface area contributed by atoms with Gasteiger partial charge >= 0.3 is 0 Å². The highest BCUT2D eigenvalue weighted by Crippen LogP contribution is 2.32. The fourth-order valence-electron chi connectivity index (χ4n) is 1.52. The van der Waals surface area contributed by atoms with Crippen LogP contribution in [0.1, 0.15) is 10.5 Å². The van der Waals surface area contributed by atoms with Gasteiger partial charge in [0.1, 0.15) is 5.69 Å². The molecule has 2 aromatic rings. The average Bonchev–Trinajstić information content (AvgIpc) is 2.92. The first-order valence-electron chi connectivity index (χ1n) is 5.72. The van der Waals surface area contributed by atoms with Crippen molar-refractivity contribution in [3.8, 4) is 0 Å². The third-order valence-electron chi connectivity index (χ3n) is 2.44. The molecule has 0 saturated heterocycles. The molecule has 0 fully saturated rings. The Labute approximate surface area is 124 Å². The molecule has 0 radical (unpaired) electrons. The first-order valence-corrected chi connectivity index (χ1v) is 7.08. The molecule has 0 unspecified atom stereocenters. The molecule has 20 heavy (non-hydrogen) atoms. The number of hydrogen-bond acceptors (Lipinski definition) is 4. The monoisotopic (exact) mass is 309 g/mol. The standard InChI is InChI=1S/C13H12ClN3O2S/c14-8-3-1-4-9(15)12(8)20-7-11(18)17-13(19)10-5-2-6-16-10/h1-6,16H,7,15H2,(H,17,18,19). The van der Waals surface area contributed by atoms with E-state index in [0.717, 1.165) is 0 Å². The Morgan fingerprint density at radius 2 is 2.10 bits per heavy atom. The molecule has 104 valence electrons. The lowest BCUT2D eigenvalue weighted by Gasteiger charge is -2.07. The normalized spacial score (nSPS) is 10.2. The Morgan fingerprint density at radius 3 is 2.75 bits per heavy atom. The zero-order chi connectivity index (χ0) is 14.5. The Hall–Kier alpha value is -1.92. The molecule has 2 rings (SSSR count). The van der Waals surface area contributed by atoms with Crippen LogP contribution in [0.25, 0.3) is 0 Å². The van der Waals surface area contributed by atoms with Gasteiger partial charge in [0, 0.05) is 16.8 Å². The fourth-order valence-corrected chi connectivity index (χ4v) is 2.65. The topological polar surface area (TPSA) is 88.0 Å². The van der Waals surface area contributed by atoms with Crippen LogP contribution in [0.15, 0.2) is 41.4 Å². The van der Waals surface area contributed by atoms with Crippen molar-refractivity contribution >= 4 is 40.9 Å². The number of imide groups is 1. The van der Waals surface area contributed by atoms with Gasteiger partial charge in [-0.05, 0) is 24.3 Å². The Kier molecular flexibility index (Phi) is 4.70. The summed E-state index contributed by atoms with van der Waals surface area (Å²) in [5.41, 5.74) is 6.62. The predicted octanol–water partition coefficient (Wildman–Crippen LogP) is 2.30. The van der Waals surface area contributed by atoms with Crippen molar-refractivity contribution in [3.63, 3.8) is 0 Å². The van der Waals surface area contributed by atoms with Crippen molar-refractivity contribution in [1.29, 1.82) is 0 Å². The molecule has 0 atom stereocenters. The Bertz CT molecular complexity index is 608. The summed E-state index contributed by atoms with van der Waals surface area (Å²) in [5, 5.41) is 2.76. The van der Waals surface area contributed by atoms with Gasteiger partial charge < -0.3 is 10.7 Å². The number of carbonyl (C=O) groups is 2. The van der Waals surface area contributed by atoms with Crippen molar-refractivity contribution < 1.29 is 9.59 Å². The first kappa shape index (κ1) is 14.5. The number of nitrogens with one attached hydrogen (secondary N) is 2. The van der Waals surface area contributed by atoms with Crippen LogP contribution in [-0.2, 0) is 4.79 Å². The summed E-state index contributed by atoms with van der Waals surface area (Å²) in [4.78, 5) is 26.7. The van der Waals surface area contributed by atoms with Crippen LogP contribution in [0, 0.1) is 0 Å². The molecular weight excluding hydrogens is 298 g/mol. The van der Waals surface area contributed by atoms with E-state index < -0.39 is 11.8 Å². The summed E-state index contributed by atoms with van der Waals surface area (Å²) in [6.07, 6.45) is 1.61. The number of hydrogen-bond donors (Lipinski definition) is 3. The second kappa shape index (κ2) is 6.49. The van der Waals surface area contributed by atoms with Gasteiger partial charge in [0.05, 0.1) is 10.8 Å². The Balaban J connectivity index is 1.91. The molecule has 0 aliphatic carbocycles. The number of halogens is 1. The number of nitrogens with two attached hydrogens (primary N) is 1. The van der Waals surface area contributed by atoms with Crippen molar-refractivity contribution in [2.24, 2.45) is 0 Å². The van der Waals surface area contributed by atoms with E-state index in [2.05, 4.69) is 10.3 Å². The molecule has 4 N–H and O–H groups in total. The largest absolute Gasteiger partial charge is 0.398 e. The van der Waals surface area contributed by atoms with E-state index in [1.165, 1.54) is 11.8 Å². The zero-order valence-electron chi connectivity index (χ0n) is 10.4. The molecule has 0 spiro atoms. The lowest BCUT2D eigenvalue weighted by Crippen LogP contribution is -2.32. The number of anilines is 1. The van der Waals surface area contributed by atoms with Crippen LogP contribution in [0.2, 0.25) is 5.02 Å². The minimum atomic E-state index is -0.465. The molecule has 1 aromatic carbocycles. The molecule has 0 bridgehead atoms. The number of thioether (sulfide) groups is 1. The SMILES string of the molecule is Nc1cccc(Cl)c1SCC(=O)NC(=O)c1ccc[nH]1. The van der Waals surface area contributed by atoms with Gasteiger partial charge in [0.15, 0.2) is 0 Å². The number of H-pyrrole nitrogens is 1. The summed E-state index contributed by atoms with van der Waals surface area (Å²) >= 11 is 7.19. The van der Waals surface area contributed by atoms with Crippen LogP contribution in [0.5, 0.6) is 0 Å². The maximum atomic E-state index is 11.7. The van der Waals surface area contributed by atoms with E-state index in [1.807, 2.05) is 0 Å². The van der Waals surface area contributed by atoms with Gasteiger partial charge in [0.2, 0.25) is 5.91 Å². The smallest absolute Gasteiger partial charge is 0.274 e. The van der Waals surface area contributed by atoms with E-state index in [-0.39, 0.29) is 5.75 Å². The minimum Gasteiger partial charge on any atom is -0.398 e. The van der Waals surface area contributed by atoms with Crippen molar-refractivity contribution in [2.75, 3.05) is 11.5 Å². The maximum absolute atomic E-state index is 11.7. The van der Waals surface area contributed by atoms with Crippen LogP contribution in [0.3, 0.4) is 0 Å². The highest BCUT2D eigenvalue weighted by atomic mass is 35.5. The molecule has 1 aromatic heterocycles. The van der Waals surface area contributed by atoms with Gasteiger partial charge in [-0.1, -0.05) is 17.7 Å². The molecule has 2 amide bonds. The van der Waals surface area contributed by atoms with E-state index in [4.69, 9.17) is 17.3 Å². The minimum absolute atomic E-state index is 0.0559. The summed E-state index contributed by atoms with van der Waals surface area (Å²) < 4.78 is 0. The maximum Gasteiger partial charge on any atom is 0.274 e. The summed E-state index contributed by atoms with van der Waals surface area (Å²) in [7, 11) is 0. The van der Waals surface area contributed by atoms with E-state index in [0.29, 0.717) is 21.3 Å². The van der Waals surface area contributed by atoms with E-state index >= 15 is 0 Å². The Morgan fingerprint density at radius 1 is 1.30 bits per heavy atom. The third-order valence-corrected chi connectivity index (χ3v) is 4.02. The van der Waals surface area contributed by atoms with E-state index in [9.17, 15) is 9.59 Å². The second-order valence-electron chi connectivity index (χ2n) is 3.91. The highest BCUT2D eigenvalue weighted by Gasteiger charge is 2.13. The summed E-state index contributed by atoms with van der Waals surface area (Å²) in [6.45, 7) is 0. The van der Waals surface area contributed by atoms with Crippen molar-refractivity contribution in [2.45, 2.75) is 4.90 Å². The lowest BCUT2D eigenvalue weighted by molar-refractivity contribution is -0.117. The predicted molar refractivity (Wildman–Crippen MR) is 79.9 cm³/mol. The molecular formula is C13H12ClN3O2S. The number of rotatable bonds is 4. The molecule has 1 heterocycles. The molecule has 0 aliphatic rings. The molecule has 5 nitrogen and oxygen atoms in total. The molecule has 0 saturated carbocycles. The first-order chi connectivity index (χ1) is 9.58. The number of nitrogen functional groups attached to an aromatic ring is 1. The van der Waals surface area contributed by atoms with Crippen LogP contribution in [0.4, 0.5) is 5.69 Å². The molecule has 7 heteroatoms. The second-order valence-corrected chi connectivity index (χ2v) is 5.30. The van der Waals surface area contributed by atoms with E-state index in [1.54, 1.807) is 36.5 Å². The van der Waals surface area contributed by atoms with Gasteiger partial charge in [-0.3, -0.25) is 14.9 Å². The number of aromatic amines is 1. The van der Waals surface area contributed by atoms with Crippen LogP contribution >= 0.6 is 23.4 Å². The lowest BCUT2D eigenvalue weighted by atomic mass is 10.3. The number of carbonyl (C=O) groups excluding carboxylic acids is 2. The van der Waals surface area contributed by atoms with Gasteiger partial charge in [-0.25, -0.2) is 0 Å². The fraction of sp³-hybridized carbons (Fsp3) is 0.0769. The summed E-state index contributed by atoms with van der Waals surface area (Å²) in [6, 6.07) is 8.40. The summed E-state index contributed by atoms with van der Waals surface area (Å²) in [5.74, 6) is -0.818. The van der Waals surface area contributed by atoms with Crippen LogP contribution in [-0.4, -0.2) is 22.6 Å². The van der Waals surface area contributed by atoms with Crippen molar-refractivity contribution in [3.05, 3.63) is 47.2 Å². The van der Waals surface area contributed by atoms with Crippen molar-refractivity contribution in [1.82, 2.24) is 10.3 Å². The third kappa shape index (κ3) is 3.55. The number of aromatic nitrogens is 1. The van der Waals surface area contributed by atoms with Crippen LogP contribution < -0.4 is 11.1 Å². The van der Waals surface area contributed by atoms with Gasteiger partial charge in [-0.2, -0.15) is 0 Å². The average molecular weight is 310 g/mol. The number of benzene rings is 1. The number of amides is 2. The van der Waals surface area contributed by atoms with Gasteiger partial charge in [-0.15, -0.1) is 11.8 Å². The quantitative estimate of drug-likeness (QED) is 0.597. The van der Waals surface area contributed by atoms with Gasteiger partial charge in [0.25, 0.3) is 5.91 Å². The molecule has 0 aliphatic heterocycles. The highest BCUT2D eigenvalue weighted by molar-refractivity contribution is 8.00.